The van der Waals surface area contributed by atoms with Crippen LogP contribution in [0, 0.1) is 5.92 Å². The molecule has 0 N–H and O–H groups in total. The van der Waals surface area contributed by atoms with Gasteiger partial charge in [-0.3, -0.25) is 14.7 Å². The first-order chi connectivity index (χ1) is 11.3. The minimum atomic E-state index is 0.0527. The number of nitrogens with zero attached hydrogens (tertiary/aromatic N) is 4. The highest BCUT2D eigenvalue weighted by molar-refractivity contribution is 7.98. The van der Waals surface area contributed by atoms with Gasteiger partial charge in [0.05, 0.1) is 12.2 Å². The third-order valence-electron chi connectivity index (χ3n) is 4.50. The van der Waals surface area contributed by atoms with Crippen molar-refractivity contribution in [3.05, 3.63) is 57.8 Å². The standard InChI is InChI=1S/C17H20N4OS/c22-17-6-15-12-23-5-3-16(15)19-21(17)11-14-9-20(10-14)8-13-2-1-4-18-7-13/h1-2,4,6-7,14H,3,5,8-12H2. The first kappa shape index (κ1) is 14.9. The van der Waals surface area contributed by atoms with Gasteiger partial charge in [0.15, 0.2) is 0 Å². The molecule has 0 unspecified atom stereocenters. The summed E-state index contributed by atoms with van der Waals surface area (Å²) in [6, 6.07) is 5.87. The van der Waals surface area contributed by atoms with Gasteiger partial charge in [-0.1, -0.05) is 6.07 Å². The number of pyridine rings is 1. The molecule has 2 aliphatic rings. The average molecular weight is 328 g/mol. The Bertz CT molecular complexity index is 740. The molecule has 0 bridgehead atoms. The summed E-state index contributed by atoms with van der Waals surface area (Å²) in [6.45, 7) is 3.72. The van der Waals surface area contributed by atoms with Crippen LogP contribution in [0.5, 0.6) is 0 Å². The third-order valence-corrected chi connectivity index (χ3v) is 5.51. The van der Waals surface area contributed by atoms with Crippen LogP contribution in [-0.4, -0.2) is 38.5 Å². The molecular formula is C17H20N4OS. The molecule has 2 aromatic heterocycles. The van der Waals surface area contributed by atoms with Gasteiger partial charge in [-0.15, -0.1) is 0 Å². The summed E-state index contributed by atoms with van der Waals surface area (Å²) in [5, 5.41) is 4.61. The Hall–Kier alpha value is -1.66. The van der Waals surface area contributed by atoms with Gasteiger partial charge in [0.2, 0.25) is 0 Å². The molecule has 120 valence electrons. The van der Waals surface area contributed by atoms with Crippen LogP contribution in [0.4, 0.5) is 0 Å². The fraction of sp³-hybridized carbons (Fsp3) is 0.471. The number of hydrogen-bond donors (Lipinski definition) is 0. The van der Waals surface area contributed by atoms with E-state index in [-0.39, 0.29) is 5.56 Å². The van der Waals surface area contributed by atoms with Crippen molar-refractivity contribution in [2.24, 2.45) is 5.92 Å². The predicted octanol–water partition coefficient (Wildman–Crippen LogP) is 1.56. The molecule has 0 radical (unpaired) electrons. The lowest BCUT2D eigenvalue weighted by molar-refractivity contribution is 0.0764. The molecule has 1 saturated heterocycles. The molecule has 2 aromatic rings. The topological polar surface area (TPSA) is 51.0 Å². The van der Waals surface area contributed by atoms with Crippen LogP contribution in [0.3, 0.4) is 0 Å². The second-order valence-electron chi connectivity index (χ2n) is 6.36. The summed E-state index contributed by atoms with van der Waals surface area (Å²) < 4.78 is 1.68. The second kappa shape index (κ2) is 6.45. The highest BCUT2D eigenvalue weighted by atomic mass is 32.2. The summed E-state index contributed by atoms with van der Waals surface area (Å²) in [7, 11) is 0. The zero-order valence-electron chi connectivity index (χ0n) is 13.0. The van der Waals surface area contributed by atoms with E-state index in [1.165, 1.54) is 5.56 Å². The maximum atomic E-state index is 12.2. The van der Waals surface area contributed by atoms with Crippen LogP contribution in [-0.2, 0) is 25.3 Å². The summed E-state index contributed by atoms with van der Waals surface area (Å²) in [5.41, 5.74) is 3.55. The number of hydrogen-bond acceptors (Lipinski definition) is 5. The maximum Gasteiger partial charge on any atom is 0.267 e. The van der Waals surface area contributed by atoms with E-state index >= 15 is 0 Å². The number of aryl methyl sites for hydroxylation is 1. The summed E-state index contributed by atoms with van der Waals surface area (Å²) >= 11 is 1.88. The molecule has 0 atom stereocenters. The van der Waals surface area contributed by atoms with Crippen LogP contribution in [0.25, 0.3) is 0 Å². The molecule has 6 heteroatoms. The van der Waals surface area contributed by atoms with Gasteiger partial charge in [-0.05, 0) is 22.9 Å². The van der Waals surface area contributed by atoms with E-state index in [4.69, 9.17) is 0 Å². The fourth-order valence-corrected chi connectivity index (χ4v) is 4.25. The minimum Gasteiger partial charge on any atom is -0.298 e. The van der Waals surface area contributed by atoms with E-state index in [2.05, 4.69) is 21.0 Å². The first-order valence-corrected chi connectivity index (χ1v) is 9.22. The minimum absolute atomic E-state index is 0.0527. The number of likely N-dealkylation sites (tertiary alicyclic amines) is 1. The molecule has 4 heterocycles. The van der Waals surface area contributed by atoms with Crippen molar-refractivity contribution in [2.45, 2.75) is 25.3 Å². The molecule has 0 aliphatic carbocycles. The zero-order valence-corrected chi connectivity index (χ0v) is 13.8. The van der Waals surface area contributed by atoms with Crippen molar-refractivity contribution >= 4 is 11.8 Å². The van der Waals surface area contributed by atoms with Crippen molar-refractivity contribution in [1.82, 2.24) is 19.7 Å². The number of aromatic nitrogens is 3. The van der Waals surface area contributed by atoms with Crippen molar-refractivity contribution in [2.75, 3.05) is 18.8 Å². The van der Waals surface area contributed by atoms with Crippen LogP contribution in [0.2, 0.25) is 0 Å². The lowest BCUT2D eigenvalue weighted by atomic mass is 9.99. The molecule has 5 nitrogen and oxygen atoms in total. The van der Waals surface area contributed by atoms with Crippen LogP contribution >= 0.6 is 11.8 Å². The third kappa shape index (κ3) is 3.33. The van der Waals surface area contributed by atoms with E-state index in [1.54, 1.807) is 16.9 Å². The quantitative estimate of drug-likeness (QED) is 0.852. The van der Waals surface area contributed by atoms with Crippen LogP contribution in [0.15, 0.2) is 35.4 Å². The number of fused-ring (bicyclic) bond motifs is 1. The molecule has 0 amide bonds. The molecular weight excluding hydrogens is 308 g/mol. The Labute approximate surface area is 139 Å². The van der Waals surface area contributed by atoms with Crippen LogP contribution < -0.4 is 5.56 Å². The van der Waals surface area contributed by atoms with E-state index in [0.717, 1.165) is 55.4 Å². The number of thioether (sulfide) groups is 1. The lowest BCUT2D eigenvalue weighted by Crippen LogP contribution is -2.49. The Kier molecular flexibility index (Phi) is 4.18. The summed E-state index contributed by atoms with van der Waals surface area (Å²) in [6.07, 6.45) is 4.70. The Morgan fingerprint density at radius 2 is 2.26 bits per heavy atom. The SMILES string of the molecule is O=c1cc2c(nn1CC1CN(Cc3cccnc3)C1)CCSC2. The van der Waals surface area contributed by atoms with E-state index in [1.807, 2.05) is 24.0 Å². The van der Waals surface area contributed by atoms with Crippen molar-refractivity contribution < 1.29 is 0 Å². The van der Waals surface area contributed by atoms with E-state index < -0.39 is 0 Å². The fourth-order valence-electron chi connectivity index (χ4n) is 3.30. The Balaban J connectivity index is 1.36. The van der Waals surface area contributed by atoms with Gasteiger partial charge in [0, 0.05) is 56.2 Å². The molecule has 0 spiro atoms. The lowest BCUT2D eigenvalue weighted by Gasteiger charge is -2.39. The van der Waals surface area contributed by atoms with E-state index in [9.17, 15) is 4.79 Å². The molecule has 0 saturated carbocycles. The highest BCUT2D eigenvalue weighted by Gasteiger charge is 2.27. The van der Waals surface area contributed by atoms with Gasteiger partial charge >= 0.3 is 0 Å². The molecule has 23 heavy (non-hydrogen) atoms. The normalized spacial score (nSPS) is 18.4. The molecule has 0 aromatic carbocycles. The molecule has 1 fully saturated rings. The van der Waals surface area contributed by atoms with Crippen molar-refractivity contribution in [3.63, 3.8) is 0 Å². The van der Waals surface area contributed by atoms with Gasteiger partial charge in [0.25, 0.3) is 5.56 Å². The van der Waals surface area contributed by atoms with Gasteiger partial charge in [0.1, 0.15) is 0 Å². The summed E-state index contributed by atoms with van der Waals surface area (Å²) in [5.74, 6) is 2.56. The van der Waals surface area contributed by atoms with Crippen molar-refractivity contribution in [3.8, 4) is 0 Å². The predicted molar refractivity (Wildman–Crippen MR) is 91.4 cm³/mol. The molecule has 2 aliphatic heterocycles. The first-order valence-electron chi connectivity index (χ1n) is 8.07. The Morgan fingerprint density at radius 3 is 3.09 bits per heavy atom. The monoisotopic (exact) mass is 328 g/mol. The number of rotatable bonds is 4. The van der Waals surface area contributed by atoms with Crippen molar-refractivity contribution in [1.29, 1.82) is 0 Å². The Morgan fingerprint density at radius 1 is 1.35 bits per heavy atom. The van der Waals surface area contributed by atoms with Gasteiger partial charge in [-0.2, -0.15) is 16.9 Å². The zero-order chi connectivity index (χ0) is 15.6. The highest BCUT2D eigenvalue weighted by Crippen LogP contribution is 2.22. The second-order valence-corrected chi connectivity index (χ2v) is 7.47. The summed E-state index contributed by atoms with van der Waals surface area (Å²) in [4.78, 5) is 18.8. The molecule has 4 rings (SSSR count). The van der Waals surface area contributed by atoms with Gasteiger partial charge in [-0.25, -0.2) is 4.68 Å². The smallest absolute Gasteiger partial charge is 0.267 e. The van der Waals surface area contributed by atoms with Crippen LogP contribution in [0.1, 0.15) is 16.8 Å². The van der Waals surface area contributed by atoms with E-state index in [0.29, 0.717) is 5.92 Å². The van der Waals surface area contributed by atoms with Gasteiger partial charge < -0.3 is 0 Å². The largest absolute Gasteiger partial charge is 0.298 e. The maximum absolute atomic E-state index is 12.2. The average Bonchev–Trinajstić information content (AvgIpc) is 2.54.